The summed E-state index contributed by atoms with van der Waals surface area (Å²) in [5.74, 6) is 0.598. The van der Waals surface area contributed by atoms with Crippen molar-refractivity contribution in [2.75, 3.05) is 26.2 Å². The second kappa shape index (κ2) is 6.06. The normalized spacial score (nSPS) is 26.7. The van der Waals surface area contributed by atoms with Gasteiger partial charge in [0.2, 0.25) is 0 Å². The third-order valence-corrected chi connectivity index (χ3v) is 4.90. The molecule has 4 nitrogen and oxygen atoms in total. The highest BCUT2D eigenvalue weighted by molar-refractivity contribution is 5.68. The van der Waals surface area contributed by atoms with E-state index in [1.807, 2.05) is 11.8 Å². The number of likely N-dealkylation sites (tertiary alicyclic amines) is 2. The van der Waals surface area contributed by atoms with E-state index in [0.29, 0.717) is 24.6 Å². The number of carbonyl (C=O) groups is 1. The molecule has 0 bridgehead atoms. The molecule has 2 fully saturated rings. The van der Waals surface area contributed by atoms with Crippen molar-refractivity contribution in [2.45, 2.75) is 32.4 Å². The van der Waals surface area contributed by atoms with Gasteiger partial charge in [-0.25, -0.2) is 4.79 Å². The van der Waals surface area contributed by atoms with Crippen LogP contribution in [0.4, 0.5) is 4.79 Å². The number of hydrogen-bond donors (Lipinski definition) is 0. The summed E-state index contributed by atoms with van der Waals surface area (Å²) in [5, 5.41) is 0. The first-order valence-electron chi connectivity index (χ1n) is 7.93. The third-order valence-electron chi connectivity index (χ3n) is 4.90. The molecular weight excluding hydrogens is 264 g/mol. The Balaban J connectivity index is 1.68. The summed E-state index contributed by atoms with van der Waals surface area (Å²) in [7, 11) is 0. The molecule has 0 unspecified atom stereocenters. The quantitative estimate of drug-likeness (QED) is 0.857. The van der Waals surface area contributed by atoms with E-state index < -0.39 is 0 Å². The molecule has 3 rings (SSSR count). The van der Waals surface area contributed by atoms with E-state index >= 15 is 0 Å². The van der Waals surface area contributed by atoms with Crippen LogP contribution in [0.3, 0.4) is 0 Å². The van der Waals surface area contributed by atoms with Gasteiger partial charge >= 0.3 is 6.09 Å². The fourth-order valence-corrected chi connectivity index (χ4v) is 3.76. The minimum absolute atomic E-state index is 0.154. The highest BCUT2D eigenvalue weighted by atomic mass is 16.6. The first-order valence-corrected chi connectivity index (χ1v) is 7.93. The molecule has 0 spiro atoms. The Labute approximate surface area is 126 Å². The molecule has 2 heterocycles. The van der Waals surface area contributed by atoms with E-state index in [4.69, 9.17) is 4.74 Å². The molecule has 4 heteroatoms. The van der Waals surface area contributed by atoms with Gasteiger partial charge in [0.1, 0.15) is 0 Å². The predicted octanol–water partition coefficient (Wildman–Crippen LogP) is 2.91. The van der Waals surface area contributed by atoms with Crippen LogP contribution in [0.25, 0.3) is 0 Å². The fraction of sp³-hybridized carbons (Fsp3) is 0.588. The molecule has 1 amide bonds. The first-order chi connectivity index (χ1) is 10.2. The Morgan fingerprint density at radius 2 is 2.10 bits per heavy atom. The number of rotatable bonds is 3. The van der Waals surface area contributed by atoms with Gasteiger partial charge in [0.15, 0.2) is 0 Å². The monoisotopic (exact) mass is 288 g/mol. The summed E-state index contributed by atoms with van der Waals surface area (Å²) in [6.07, 6.45) is 1.02. The Morgan fingerprint density at radius 1 is 1.33 bits per heavy atom. The molecule has 114 valence electrons. The smallest absolute Gasteiger partial charge is 0.409 e. The van der Waals surface area contributed by atoms with Gasteiger partial charge in [-0.15, -0.1) is 0 Å². The van der Waals surface area contributed by atoms with Crippen LogP contribution in [0.5, 0.6) is 0 Å². The van der Waals surface area contributed by atoms with Gasteiger partial charge in [-0.1, -0.05) is 30.3 Å². The summed E-state index contributed by atoms with van der Waals surface area (Å²) in [4.78, 5) is 16.3. The lowest BCUT2D eigenvalue weighted by molar-refractivity contribution is 0.107. The molecule has 3 atom stereocenters. The van der Waals surface area contributed by atoms with Crippen molar-refractivity contribution in [1.82, 2.24) is 9.80 Å². The van der Waals surface area contributed by atoms with Crippen molar-refractivity contribution in [3.63, 3.8) is 0 Å². The average Bonchev–Trinajstić information content (AvgIpc) is 3.08. The zero-order valence-electron chi connectivity index (χ0n) is 12.9. The zero-order valence-corrected chi connectivity index (χ0v) is 12.9. The van der Waals surface area contributed by atoms with Crippen LogP contribution < -0.4 is 0 Å². The summed E-state index contributed by atoms with van der Waals surface area (Å²) in [5.41, 5.74) is 1.35. The number of nitrogens with zero attached hydrogens (tertiary/aromatic N) is 2. The average molecular weight is 288 g/mol. The summed E-state index contributed by atoms with van der Waals surface area (Å²) >= 11 is 0. The van der Waals surface area contributed by atoms with E-state index in [-0.39, 0.29) is 6.09 Å². The SMILES string of the molecule is CCOC(=O)N1C[C@H]2CCN([C@H](C)c3ccccc3)[C@@H]2C1. The van der Waals surface area contributed by atoms with Crippen molar-refractivity contribution in [2.24, 2.45) is 5.92 Å². The van der Waals surface area contributed by atoms with Crippen LogP contribution in [0.2, 0.25) is 0 Å². The lowest BCUT2D eigenvalue weighted by Crippen LogP contribution is -2.38. The molecule has 0 radical (unpaired) electrons. The van der Waals surface area contributed by atoms with Crippen LogP contribution in [0.1, 0.15) is 31.9 Å². The number of hydrogen-bond acceptors (Lipinski definition) is 3. The topological polar surface area (TPSA) is 32.8 Å². The number of fused-ring (bicyclic) bond motifs is 1. The van der Waals surface area contributed by atoms with E-state index in [1.54, 1.807) is 0 Å². The highest BCUT2D eigenvalue weighted by Gasteiger charge is 2.44. The van der Waals surface area contributed by atoms with Crippen molar-refractivity contribution in [1.29, 1.82) is 0 Å². The van der Waals surface area contributed by atoms with E-state index in [9.17, 15) is 4.79 Å². The molecular formula is C17H24N2O2. The molecule has 21 heavy (non-hydrogen) atoms. The number of ether oxygens (including phenoxy) is 1. The molecule has 0 aliphatic carbocycles. The van der Waals surface area contributed by atoms with Crippen LogP contribution in [-0.2, 0) is 4.74 Å². The first kappa shape index (κ1) is 14.4. The third kappa shape index (κ3) is 2.77. The van der Waals surface area contributed by atoms with Gasteiger partial charge in [-0.2, -0.15) is 0 Å². The van der Waals surface area contributed by atoms with Crippen molar-refractivity contribution < 1.29 is 9.53 Å². The molecule has 0 aromatic heterocycles. The molecule has 2 saturated heterocycles. The fourth-order valence-electron chi connectivity index (χ4n) is 3.76. The molecule has 1 aromatic carbocycles. The summed E-state index contributed by atoms with van der Waals surface area (Å²) in [6, 6.07) is 11.5. The zero-order chi connectivity index (χ0) is 14.8. The second-order valence-corrected chi connectivity index (χ2v) is 6.04. The largest absolute Gasteiger partial charge is 0.450 e. The Hall–Kier alpha value is -1.55. The number of benzene rings is 1. The van der Waals surface area contributed by atoms with Crippen molar-refractivity contribution >= 4 is 6.09 Å². The minimum Gasteiger partial charge on any atom is -0.450 e. The lowest BCUT2D eigenvalue weighted by atomic mass is 10.0. The standard InChI is InChI=1S/C17H24N2O2/c1-3-21-17(20)18-11-15-9-10-19(16(15)12-18)13(2)14-7-5-4-6-8-14/h4-8,13,15-16H,3,9-12H2,1-2H3/t13-,15-,16-/m1/s1. The van der Waals surface area contributed by atoms with Gasteiger partial charge in [0, 0.05) is 25.2 Å². The van der Waals surface area contributed by atoms with Gasteiger partial charge in [0.25, 0.3) is 0 Å². The van der Waals surface area contributed by atoms with Crippen molar-refractivity contribution in [3.8, 4) is 0 Å². The molecule has 0 saturated carbocycles. The maximum absolute atomic E-state index is 11.9. The van der Waals surface area contributed by atoms with Crippen LogP contribution in [-0.4, -0.2) is 48.2 Å². The molecule has 0 N–H and O–H groups in total. The van der Waals surface area contributed by atoms with Crippen LogP contribution in [0, 0.1) is 5.92 Å². The summed E-state index contributed by atoms with van der Waals surface area (Å²) in [6.45, 7) is 7.36. The van der Waals surface area contributed by atoms with Gasteiger partial charge in [-0.3, -0.25) is 4.90 Å². The second-order valence-electron chi connectivity index (χ2n) is 6.04. The van der Waals surface area contributed by atoms with E-state index in [0.717, 1.165) is 19.6 Å². The number of amides is 1. The maximum atomic E-state index is 11.9. The van der Waals surface area contributed by atoms with Gasteiger partial charge in [-0.05, 0) is 38.3 Å². The lowest BCUT2D eigenvalue weighted by Gasteiger charge is -2.30. The van der Waals surface area contributed by atoms with Gasteiger partial charge in [0.05, 0.1) is 6.61 Å². The summed E-state index contributed by atoms with van der Waals surface area (Å²) < 4.78 is 5.14. The maximum Gasteiger partial charge on any atom is 0.409 e. The van der Waals surface area contributed by atoms with Crippen LogP contribution in [0.15, 0.2) is 30.3 Å². The Bertz CT molecular complexity index is 491. The highest BCUT2D eigenvalue weighted by Crippen LogP contribution is 2.37. The van der Waals surface area contributed by atoms with E-state index in [1.165, 1.54) is 12.0 Å². The predicted molar refractivity (Wildman–Crippen MR) is 82.1 cm³/mol. The van der Waals surface area contributed by atoms with Crippen LogP contribution >= 0.6 is 0 Å². The minimum atomic E-state index is -0.154. The molecule has 1 aromatic rings. The Morgan fingerprint density at radius 3 is 2.81 bits per heavy atom. The Kier molecular flexibility index (Phi) is 4.15. The van der Waals surface area contributed by atoms with Gasteiger partial charge < -0.3 is 9.64 Å². The van der Waals surface area contributed by atoms with E-state index in [2.05, 4.69) is 42.2 Å². The van der Waals surface area contributed by atoms with Crippen molar-refractivity contribution in [3.05, 3.63) is 35.9 Å². The molecule has 2 aliphatic rings. The molecule has 2 aliphatic heterocycles. The number of carbonyl (C=O) groups excluding carboxylic acids is 1.